The Balaban J connectivity index is 2.69. The van der Waals surface area contributed by atoms with E-state index >= 15 is 0 Å². The highest BCUT2D eigenvalue weighted by atomic mass is 14.9. The van der Waals surface area contributed by atoms with Crippen molar-refractivity contribution in [1.82, 2.24) is 4.98 Å². The number of hydrogen-bond donors (Lipinski definition) is 1. The molecular weight excluding hydrogens is 176 g/mol. The van der Waals surface area contributed by atoms with E-state index in [0.717, 1.165) is 0 Å². The number of nitrogens with zero attached hydrogens (tertiary/aromatic N) is 3. The molecule has 1 heterocycles. The second-order valence-electron chi connectivity index (χ2n) is 2.94. The van der Waals surface area contributed by atoms with Gasteiger partial charge < -0.3 is 5.32 Å². The third kappa shape index (κ3) is 2.46. The van der Waals surface area contributed by atoms with Crippen molar-refractivity contribution in [3.8, 4) is 12.1 Å². The lowest BCUT2D eigenvalue weighted by Crippen LogP contribution is -2.10. The quantitative estimate of drug-likeness (QED) is 0.776. The number of hydrogen-bond acceptors (Lipinski definition) is 4. The van der Waals surface area contributed by atoms with E-state index in [4.69, 9.17) is 10.5 Å². The first kappa shape index (κ1) is 10.0. The molecule has 0 spiro atoms. The highest BCUT2D eigenvalue weighted by Gasteiger charge is 2.03. The average molecular weight is 186 g/mol. The molecule has 1 N–H and O–H groups in total. The SMILES string of the molecule is CC(C#N)CNc1cnccc1C#N. The van der Waals surface area contributed by atoms with Gasteiger partial charge >= 0.3 is 0 Å². The molecule has 0 saturated carbocycles. The largest absolute Gasteiger partial charge is 0.381 e. The van der Waals surface area contributed by atoms with Gasteiger partial charge in [-0.05, 0) is 13.0 Å². The van der Waals surface area contributed by atoms with Gasteiger partial charge in [0.1, 0.15) is 6.07 Å². The average Bonchev–Trinajstić information content (AvgIpc) is 2.26. The van der Waals surface area contributed by atoms with Gasteiger partial charge in [0, 0.05) is 12.7 Å². The molecule has 0 bridgehead atoms. The Morgan fingerprint density at radius 1 is 1.57 bits per heavy atom. The summed E-state index contributed by atoms with van der Waals surface area (Å²) in [5.41, 5.74) is 1.22. The zero-order valence-electron chi connectivity index (χ0n) is 7.86. The molecule has 0 aliphatic rings. The van der Waals surface area contributed by atoms with E-state index in [1.54, 1.807) is 18.5 Å². The second kappa shape index (κ2) is 4.84. The van der Waals surface area contributed by atoms with Gasteiger partial charge in [-0.3, -0.25) is 4.98 Å². The lowest BCUT2D eigenvalue weighted by Gasteiger charge is -2.07. The third-order valence-corrected chi connectivity index (χ3v) is 1.76. The van der Waals surface area contributed by atoms with Crippen molar-refractivity contribution in [2.45, 2.75) is 6.92 Å². The minimum absolute atomic E-state index is 0.0817. The monoisotopic (exact) mass is 186 g/mol. The fraction of sp³-hybridized carbons (Fsp3) is 0.300. The van der Waals surface area contributed by atoms with Crippen LogP contribution in [-0.4, -0.2) is 11.5 Å². The van der Waals surface area contributed by atoms with Crippen molar-refractivity contribution in [3.05, 3.63) is 24.0 Å². The Kier molecular flexibility index (Phi) is 3.46. The summed E-state index contributed by atoms with van der Waals surface area (Å²) in [5.74, 6) is -0.0817. The molecule has 0 saturated heterocycles. The van der Waals surface area contributed by atoms with Crippen molar-refractivity contribution in [1.29, 1.82) is 10.5 Å². The van der Waals surface area contributed by atoms with E-state index in [1.165, 1.54) is 0 Å². The lowest BCUT2D eigenvalue weighted by molar-refractivity contribution is 0.785. The molecule has 1 aromatic rings. The molecule has 4 heteroatoms. The van der Waals surface area contributed by atoms with Crippen LogP contribution in [0.2, 0.25) is 0 Å². The van der Waals surface area contributed by atoms with Crippen LogP contribution in [0.4, 0.5) is 5.69 Å². The maximum absolute atomic E-state index is 8.76. The fourth-order valence-corrected chi connectivity index (χ4v) is 0.942. The van der Waals surface area contributed by atoms with E-state index in [-0.39, 0.29) is 5.92 Å². The van der Waals surface area contributed by atoms with Crippen LogP contribution < -0.4 is 5.32 Å². The van der Waals surface area contributed by atoms with E-state index in [1.807, 2.05) is 6.92 Å². The molecule has 0 fully saturated rings. The van der Waals surface area contributed by atoms with Gasteiger partial charge in [0.25, 0.3) is 0 Å². The van der Waals surface area contributed by atoms with Crippen LogP contribution in [-0.2, 0) is 0 Å². The van der Waals surface area contributed by atoms with Crippen molar-refractivity contribution >= 4 is 5.69 Å². The van der Waals surface area contributed by atoms with E-state index in [2.05, 4.69) is 22.4 Å². The Labute approximate surface area is 82.8 Å². The summed E-state index contributed by atoms with van der Waals surface area (Å²) in [6.07, 6.45) is 3.15. The number of rotatable bonds is 3. The topological polar surface area (TPSA) is 72.5 Å². The minimum Gasteiger partial charge on any atom is -0.381 e. The zero-order valence-corrected chi connectivity index (χ0v) is 7.86. The number of anilines is 1. The van der Waals surface area contributed by atoms with Gasteiger partial charge in [-0.15, -0.1) is 0 Å². The second-order valence-corrected chi connectivity index (χ2v) is 2.94. The van der Waals surface area contributed by atoms with Gasteiger partial charge in [-0.2, -0.15) is 10.5 Å². The summed E-state index contributed by atoms with van der Waals surface area (Å²) in [6, 6.07) is 5.80. The normalized spacial score (nSPS) is 11.1. The molecule has 0 aromatic carbocycles. The van der Waals surface area contributed by atoms with Crippen molar-refractivity contribution < 1.29 is 0 Å². The molecule has 1 unspecified atom stereocenters. The first-order chi connectivity index (χ1) is 6.77. The van der Waals surface area contributed by atoms with Crippen LogP contribution >= 0.6 is 0 Å². The fourth-order valence-electron chi connectivity index (χ4n) is 0.942. The molecule has 1 aromatic heterocycles. The highest BCUT2D eigenvalue weighted by molar-refractivity contribution is 5.55. The molecule has 0 radical (unpaired) electrons. The predicted octanol–water partition coefficient (Wildman–Crippen LogP) is 1.52. The number of pyridine rings is 1. The molecule has 1 rings (SSSR count). The number of aromatic nitrogens is 1. The Morgan fingerprint density at radius 3 is 3.00 bits per heavy atom. The van der Waals surface area contributed by atoms with Crippen molar-refractivity contribution in [2.24, 2.45) is 5.92 Å². The van der Waals surface area contributed by atoms with Crippen molar-refractivity contribution in [2.75, 3.05) is 11.9 Å². The molecule has 70 valence electrons. The van der Waals surface area contributed by atoms with Crippen LogP contribution in [0.25, 0.3) is 0 Å². The molecule has 4 nitrogen and oxygen atoms in total. The van der Waals surface area contributed by atoms with Crippen LogP contribution in [0.3, 0.4) is 0 Å². The Hall–Kier alpha value is -2.07. The Bertz CT molecular complexity index is 386. The van der Waals surface area contributed by atoms with E-state index < -0.39 is 0 Å². The Morgan fingerprint density at radius 2 is 2.36 bits per heavy atom. The molecule has 0 aliphatic heterocycles. The number of nitriles is 2. The van der Waals surface area contributed by atoms with Crippen LogP contribution in [0, 0.1) is 28.6 Å². The van der Waals surface area contributed by atoms with Crippen LogP contribution in [0.1, 0.15) is 12.5 Å². The number of nitrogens with one attached hydrogen (secondary N) is 1. The highest BCUT2D eigenvalue weighted by Crippen LogP contribution is 2.11. The zero-order chi connectivity index (χ0) is 10.4. The molecule has 0 amide bonds. The summed E-state index contributed by atoms with van der Waals surface area (Å²) in [4.78, 5) is 3.90. The minimum atomic E-state index is -0.0817. The van der Waals surface area contributed by atoms with Crippen LogP contribution in [0.5, 0.6) is 0 Å². The van der Waals surface area contributed by atoms with Crippen molar-refractivity contribution in [3.63, 3.8) is 0 Å². The molecular formula is C10H10N4. The smallest absolute Gasteiger partial charge is 0.101 e. The summed E-state index contributed by atoms with van der Waals surface area (Å²) in [7, 11) is 0. The first-order valence-corrected chi connectivity index (χ1v) is 4.25. The van der Waals surface area contributed by atoms with E-state index in [0.29, 0.717) is 17.8 Å². The van der Waals surface area contributed by atoms with Crippen LogP contribution in [0.15, 0.2) is 18.5 Å². The predicted molar refractivity (Wildman–Crippen MR) is 52.2 cm³/mol. The van der Waals surface area contributed by atoms with Gasteiger partial charge in [0.2, 0.25) is 0 Å². The van der Waals surface area contributed by atoms with Gasteiger partial charge in [-0.1, -0.05) is 0 Å². The summed E-state index contributed by atoms with van der Waals surface area (Å²) in [5, 5.41) is 20.3. The maximum atomic E-state index is 8.76. The summed E-state index contributed by atoms with van der Waals surface area (Å²) >= 11 is 0. The lowest BCUT2D eigenvalue weighted by atomic mass is 10.2. The summed E-state index contributed by atoms with van der Waals surface area (Å²) < 4.78 is 0. The first-order valence-electron chi connectivity index (χ1n) is 4.25. The maximum Gasteiger partial charge on any atom is 0.101 e. The van der Waals surface area contributed by atoms with Gasteiger partial charge in [-0.25, -0.2) is 0 Å². The third-order valence-electron chi connectivity index (χ3n) is 1.76. The summed E-state index contributed by atoms with van der Waals surface area (Å²) in [6.45, 7) is 2.34. The molecule has 1 atom stereocenters. The molecule has 14 heavy (non-hydrogen) atoms. The standard InChI is InChI=1S/C10H10N4/c1-8(4-11)6-14-10-7-13-3-2-9(10)5-12/h2-3,7-8,14H,6H2,1H3. The molecule has 0 aliphatic carbocycles. The van der Waals surface area contributed by atoms with E-state index in [9.17, 15) is 0 Å². The van der Waals surface area contributed by atoms with Gasteiger partial charge in [0.15, 0.2) is 0 Å². The van der Waals surface area contributed by atoms with Gasteiger partial charge in [0.05, 0.1) is 29.4 Å².